The van der Waals surface area contributed by atoms with Crippen LogP contribution >= 0.6 is 11.3 Å². The van der Waals surface area contributed by atoms with Crippen molar-refractivity contribution in [3.8, 4) is 28.2 Å². The molecule has 0 spiro atoms. The molecule has 0 aliphatic carbocycles. The molecule has 4 rings (SSSR count). The van der Waals surface area contributed by atoms with Crippen LogP contribution < -0.4 is 0 Å². The molecule has 0 aliphatic heterocycles. The normalized spacial score (nSPS) is 12.3. The smallest absolute Gasteiger partial charge is 0.460 e. The van der Waals surface area contributed by atoms with Gasteiger partial charge in [0, 0.05) is 11.1 Å². The van der Waals surface area contributed by atoms with Crippen molar-refractivity contribution in [1.82, 2.24) is 25.0 Å². The summed E-state index contributed by atoms with van der Waals surface area (Å²) in [6.07, 6.45) is -5.53. The van der Waals surface area contributed by atoms with Crippen LogP contribution in [-0.2, 0) is 38.2 Å². The highest BCUT2D eigenvalue weighted by Gasteiger charge is 2.33. The Morgan fingerprint density at radius 2 is 1.80 bits per heavy atom. The minimum Gasteiger partial charge on any atom is -0.460 e. The Morgan fingerprint density at radius 3 is 2.41 bits per heavy atom. The highest BCUT2D eigenvalue weighted by molar-refractivity contribution is 7.15. The Kier molecular flexibility index (Phi) is 9.63. The van der Waals surface area contributed by atoms with Crippen molar-refractivity contribution in [2.24, 2.45) is 5.41 Å². The SMILES string of the molecule is CCc1sc(-c2ccc(C(F)(F)F)cn2)nc1-c1nn(C(C)OC(=O)OCC(C)(C)C(=O)OCc2ccccc2)nc1C#N. The molecule has 0 bridgehead atoms. The maximum Gasteiger partial charge on any atom is 0.510 e. The fraction of sp³-hybridized carbons (Fsp3) is 0.345. The van der Waals surface area contributed by atoms with E-state index < -0.39 is 35.5 Å². The van der Waals surface area contributed by atoms with Gasteiger partial charge in [-0.05, 0) is 44.9 Å². The standard InChI is InChI=1S/C29H27F3N6O5S/c1-5-22-24(35-25(44-22)20-12-11-19(14-34-20)29(30,31)32)23-21(13-33)36-38(37-23)17(2)43-27(40)42-16-28(3,4)26(39)41-15-18-9-7-6-8-10-18/h6-12,14,17H,5,15-16H2,1-4H3. The van der Waals surface area contributed by atoms with E-state index in [-0.39, 0.29) is 30.3 Å². The number of carbonyl (C=O) groups excluding carboxylic acids is 2. The van der Waals surface area contributed by atoms with Gasteiger partial charge in [-0.3, -0.25) is 9.78 Å². The predicted molar refractivity (Wildman–Crippen MR) is 151 cm³/mol. The number of benzene rings is 1. The molecule has 230 valence electrons. The maximum atomic E-state index is 12.9. The molecule has 3 heterocycles. The minimum absolute atomic E-state index is 0.0696. The summed E-state index contributed by atoms with van der Waals surface area (Å²) in [4.78, 5) is 35.1. The van der Waals surface area contributed by atoms with Crippen molar-refractivity contribution in [1.29, 1.82) is 5.26 Å². The molecular weight excluding hydrogens is 601 g/mol. The molecule has 0 N–H and O–H groups in total. The highest BCUT2D eigenvalue weighted by atomic mass is 32.1. The topological polar surface area (TPSA) is 142 Å². The molecular formula is C29H27F3N6O5S. The number of ether oxygens (including phenoxy) is 3. The van der Waals surface area contributed by atoms with Crippen molar-refractivity contribution in [2.75, 3.05) is 6.61 Å². The Bertz CT molecular complexity index is 1660. The second-order valence-corrected chi connectivity index (χ2v) is 11.2. The van der Waals surface area contributed by atoms with Crippen LogP contribution in [0.15, 0.2) is 48.7 Å². The maximum absolute atomic E-state index is 12.9. The zero-order chi connectivity index (χ0) is 32.1. The van der Waals surface area contributed by atoms with E-state index in [0.29, 0.717) is 22.0 Å². The van der Waals surface area contributed by atoms with Crippen LogP contribution in [0.2, 0.25) is 0 Å². The van der Waals surface area contributed by atoms with Crippen LogP contribution in [0.25, 0.3) is 22.1 Å². The van der Waals surface area contributed by atoms with Gasteiger partial charge in [-0.1, -0.05) is 37.3 Å². The molecule has 0 radical (unpaired) electrons. The first kappa shape index (κ1) is 32.1. The summed E-state index contributed by atoms with van der Waals surface area (Å²) in [5, 5.41) is 18.5. The molecule has 44 heavy (non-hydrogen) atoms. The van der Waals surface area contributed by atoms with Gasteiger partial charge >= 0.3 is 18.3 Å². The summed E-state index contributed by atoms with van der Waals surface area (Å²) in [6, 6.07) is 13.2. The van der Waals surface area contributed by atoms with E-state index in [9.17, 15) is 28.0 Å². The Labute approximate surface area is 254 Å². The molecule has 0 amide bonds. The quantitative estimate of drug-likeness (QED) is 0.182. The average Bonchev–Trinajstić information content (AvgIpc) is 3.63. The molecule has 0 saturated heterocycles. The summed E-state index contributed by atoms with van der Waals surface area (Å²) < 4.78 is 54.6. The van der Waals surface area contributed by atoms with E-state index >= 15 is 0 Å². The molecule has 4 aromatic rings. The van der Waals surface area contributed by atoms with E-state index in [2.05, 4.69) is 20.2 Å². The third-order valence-corrected chi connectivity index (χ3v) is 7.42. The Hall–Kier alpha value is -4.84. The molecule has 1 aromatic carbocycles. The van der Waals surface area contributed by atoms with Crippen molar-refractivity contribution in [3.63, 3.8) is 0 Å². The number of aryl methyl sites for hydroxylation is 1. The van der Waals surface area contributed by atoms with Gasteiger partial charge < -0.3 is 14.2 Å². The van der Waals surface area contributed by atoms with Crippen LogP contribution in [-0.4, -0.2) is 43.7 Å². The summed E-state index contributed by atoms with van der Waals surface area (Å²) in [7, 11) is 0. The highest BCUT2D eigenvalue weighted by Crippen LogP contribution is 2.35. The Morgan fingerprint density at radius 1 is 1.07 bits per heavy atom. The molecule has 11 nitrogen and oxygen atoms in total. The van der Waals surface area contributed by atoms with Gasteiger partial charge in [-0.25, -0.2) is 9.78 Å². The number of rotatable bonds is 10. The van der Waals surface area contributed by atoms with Crippen LogP contribution in [0, 0.1) is 16.7 Å². The van der Waals surface area contributed by atoms with E-state index in [1.807, 2.05) is 43.3 Å². The van der Waals surface area contributed by atoms with Crippen molar-refractivity contribution < 1.29 is 37.0 Å². The Balaban J connectivity index is 1.42. The van der Waals surface area contributed by atoms with Gasteiger partial charge in [0.05, 0.1) is 16.7 Å². The number of hydrogen-bond donors (Lipinski definition) is 0. The zero-order valence-electron chi connectivity index (χ0n) is 24.1. The van der Waals surface area contributed by atoms with Crippen LogP contribution in [0.4, 0.5) is 18.0 Å². The first-order valence-electron chi connectivity index (χ1n) is 13.3. The van der Waals surface area contributed by atoms with Crippen LogP contribution in [0.5, 0.6) is 0 Å². The molecule has 0 aliphatic rings. The van der Waals surface area contributed by atoms with Crippen molar-refractivity contribution in [3.05, 3.63) is 70.4 Å². The second-order valence-electron chi connectivity index (χ2n) is 10.1. The summed E-state index contributed by atoms with van der Waals surface area (Å²) in [5.41, 5.74) is -0.716. The summed E-state index contributed by atoms with van der Waals surface area (Å²) >= 11 is 1.20. The third-order valence-electron chi connectivity index (χ3n) is 6.20. The molecule has 3 aromatic heterocycles. The number of thiazole rings is 1. The number of pyridine rings is 1. The second kappa shape index (κ2) is 13.2. The number of esters is 1. The molecule has 1 unspecified atom stereocenters. The minimum atomic E-state index is -4.52. The van der Waals surface area contributed by atoms with Crippen LogP contribution in [0.3, 0.4) is 0 Å². The number of aromatic nitrogens is 5. The van der Waals surface area contributed by atoms with Gasteiger partial charge in [0.2, 0.25) is 6.23 Å². The number of carbonyl (C=O) groups is 2. The monoisotopic (exact) mass is 628 g/mol. The van der Waals surface area contributed by atoms with Gasteiger partial charge in [-0.2, -0.15) is 18.4 Å². The lowest BCUT2D eigenvalue weighted by atomic mass is 9.95. The van der Waals surface area contributed by atoms with E-state index in [4.69, 9.17) is 14.2 Å². The number of alkyl halides is 3. The van der Waals surface area contributed by atoms with E-state index in [0.717, 1.165) is 22.6 Å². The first-order chi connectivity index (χ1) is 20.8. The van der Waals surface area contributed by atoms with Gasteiger partial charge in [0.25, 0.3) is 0 Å². The lowest BCUT2D eigenvalue weighted by Crippen LogP contribution is -2.33. The fourth-order valence-corrected chi connectivity index (χ4v) is 4.71. The van der Waals surface area contributed by atoms with E-state index in [1.165, 1.54) is 24.3 Å². The summed E-state index contributed by atoms with van der Waals surface area (Å²) in [5.74, 6) is -0.569. The van der Waals surface area contributed by atoms with Crippen molar-refractivity contribution >= 4 is 23.5 Å². The molecule has 0 fully saturated rings. The molecule has 15 heteroatoms. The van der Waals surface area contributed by atoms with Crippen LogP contribution in [0.1, 0.15) is 55.6 Å². The number of halogens is 3. The predicted octanol–water partition coefficient (Wildman–Crippen LogP) is 6.36. The fourth-order valence-electron chi connectivity index (χ4n) is 3.73. The first-order valence-corrected chi connectivity index (χ1v) is 14.1. The van der Waals surface area contributed by atoms with E-state index in [1.54, 1.807) is 13.8 Å². The third kappa shape index (κ3) is 7.56. The average molecular weight is 629 g/mol. The van der Waals surface area contributed by atoms with Gasteiger partial charge in [0.15, 0.2) is 11.4 Å². The molecule has 0 saturated carbocycles. The lowest BCUT2D eigenvalue weighted by molar-refractivity contribution is -0.158. The number of nitrogens with zero attached hydrogens (tertiary/aromatic N) is 6. The van der Waals surface area contributed by atoms with Crippen molar-refractivity contribution in [2.45, 2.75) is 53.1 Å². The van der Waals surface area contributed by atoms with Gasteiger partial charge in [0.1, 0.15) is 30.0 Å². The lowest BCUT2D eigenvalue weighted by Gasteiger charge is -2.22. The van der Waals surface area contributed by atoms with Gasteiger partial charge in [-0.15, -0.1) is 26.3 Å². The molecule has 1 atom stereocenters. The number of hydrogen-bond acceptors (Lipinski definition) is 11. The summed E-state index contributed by atoms with van der Waals surface area (Å²) in [6.45, 7) is 6.16. The number of nitriles is 1. The zero-order valence-corrected chi connectivity index (χ0v) is 24.9. The largest absolute Gasteiger partial charge is 0.510 e.